The molecule has 0 saturated carbocycles. The largest absolute Gasteiger partial charge is 0.347 e. The van der Waals surface area contributed by atoms with Crippen molar-refractivity contribution in [2.24, 2.45) is 0 Å². The number of nitrogens with one attached hydrogen (secondary N) is 2. The zero-order chi connectivity index (χ0) is 20.8. The number of carbonyl (C=O) groups is 2. The maximum absolute atomic E-state index is 12.8. The van der Waals surface area contributed by atoms with Crippen LogP contribution in [0.5, 0.6) is 0 Å². The van der Waals surface area contributed by atoms with Crippen molar-refractivity contribution in [2.75, 3.05) is 5.32 Å². The van der Waals surface area contributed by atoms with Crippen molar-refractivity contribution in [2.45, 2.75) is 26.3 Å². The fourth-order valence-electron chi connectivity index (χ4n) is 2.85. The molecule has 0 saturated heterocycles. The number of thiophene rings is 1. The predicted octanol–water partition coefficient (Wildman–Crippen LogP) is 5.34. The third-order valence-electron chi connectivity index (χ3n) is 4.11. The van der Waals surface area contributed by atoms with Crippen molar-refractivity contribution in [1.82, 2.24) is 14.1 Å². The molecule has 0 aliphatic rings. The lowest BCUT2D eigenvalue weighted by Crippen LogP contribution is -2.40. The Kier molecular flexibility index (Phi) is 5.02. The van der Waals surface area contributed by atoms with Gasteiger partial charge in [-0.1, -0.05) is 23.7 Å². The summed E-state index contributed by atoms with van der Waals surface area (Å²) in [4.78, 5) is 25.8. The number of anilines is 1. The highest BCUT2D eigenvalue weighted by Crippen LogP contribution is 2.39. The molecule has 0 fully saturated rings. The van der Waals surface area contributed by atoms with Gasteiger partial charge in [-0.15, -0.1) is 11.3 Å². The summed E-state index contributed by atoms with van der Waals surface area (Å²) in [6, 6.07) is 10.6. The number of aromatic nitrogens is 2. The van der Waals surface area contributed by atoms with Crippen LogP contribution >= 0.6 is 34.7 Å². The lowest BCUT2D eigenvalue weighted by Gasteiger charge is -2.19. The third-order valence-corrected chi connectivity index (χ3v) is 6.41. The van der Waals surface area contributed by atoms with Crippen molar-refractivity contribution in [1.29, 1.82) is 0 Å². The Balaban J connectivity index is 1.67. The van der Waals surface area contributed by atoms with Crippen molar-refractivity contribution < 1.29 is 9.59 Å². The normalized spacial score (nSPS) is 11.7. The van der Waals surface area contributed by atoms with E-state index in [0.717, 1.165) is 27.3 Å². The minimum absolute atomic E-state index is 0.234. The third kappa shape index (κ3) is 3.96. The van der Waals surface area contributed by atoms with Gasteiger partial charge in [0.05, 0.1) is 27.1 Å². The van der Waals surface area contributed by atoms with E-state index in [1.807, 2.05) is 26.8 Å². The summed E-state index contributed by atoms with van der Waals surface area (Å²) in [7, 11) is 0. The van der Waals surface area contributed by atoms with Gasteiger partial charge in [-0.3, -0.25) is 9.59 Å². The first kappa shape index (κ1) is 19.8. The molecule has 9 heteroatoms. The SMILES string of the molecule is CC(C)(C)NC(=O)c1sc2c(NC(=O)c3ccc4nsnc4c3)cccc2c1Cl. The number of halogens is 1. The van der Waals surface area contributed by atoms with Crippen molar-refractivity contribution in [3.05, 3.63) is 51.9 Å². The van der Waals surface area contributed by atoms with Crippen LogP contribution in [0.25, 0.3) is 21.1 Å². The van der Waals surface area contributed by atoms with Crippen LogP contribution in [0.15, 0.2) is 36.4 Å². The molecule has 148 valence electrons. The van der Waals surface area contributed by atoms with Crippen LogP contribution in [0.2, 0.25) is 5.02 Å². The molecule has 4 rings (SSSR count). The molecule has 0 spiro atoms. The number of nitrogens with zero attached hydrogens (tertiary/aromatic N) is 2. The zero-order valence-corrected chi connectivity index (χ0v) is 18.3. The average Bonchev–Trinajstić information content (AvgIpc) is 3.25. The van der Waals surface area contributed by atoms with Crippen LogP contribution in [0.1, 0.15) is 40.8 Å². The lowest BCUT2D eigenvalue weighted by molar-refractivity contribution is 0.0923. The number of carbonyl (C=O) groups excluding carboxylic acids is 2. The lowest BCUT2D eigenvalue weighted by atomic mass is 10.1. The first-order chi connectivity index (χ1) is 13.7. The molecule has 0 unspecified atom stereocenters. The fraction of sp³-hybridized carbons (Fsp3) is 0.200. The van der Waals surface area contributed by atoms with Crippen LogP contribution in [0, 0.1) is 0 Å². The minimum atomic E-state index is -0.378. The number of benzene rings is 2. The maximum atomic E-state index is 12.8. The highest BCUT2D eigenvalue weighted by molar-refractivity contribution is 7.22. The van der Waals surface area contributed by atoms with Gasteiger partial charge < -0.3 is 10.6 Å². The minimum Gasteiger partial charge on any atom is -0.347 e. The summed E-state index contributed by atoms with van der Waals surface area (Å²) in [5.74, 6) is -0.500. The highest BCUT2D eigenvalue weighted by atomic mass is 35.5. The van der Waals surface area contributed by atoms with Crippen molar-refractivity contribution in [3.63, 3.8) is 0 Å². The fourth-order valence-corrected chi connectivity index (χ4v) is 4.84. The molecule has 2 heterocycles. The molecule has 2 aromatic heterocycles. The monoisotopic (exact) mass is 444 g/mol. The smallest absolute Gasteiger partial charge is 0.263 e. The second kappa shape index (κ2) is 7.37. The quantitative estimate of drug-likeness (QED) is 0.446. The number of rotatable bonds is 3. The Hall–Kier alpha value is -2.55. The molecule has 4 aromatic rings. The van der Waals surface area contributed by atoms with Crippen LogP contribution < -0.4 is 10.6 Å². The molecule has 2 amide bonds. The van der Waals surface area contributed by atoms with Crippen LogP contribution in [0.4, 0.5) is 5.69 Å². The summed E-state index contributed by atoms with van der Waals surface area (Å²) in [5.41, 5.74) is 2.15. The van der Waals surface area contributed by atoms with E-state index in [-0.39, 0.29) is 17.4 Å². The highest BCUT2D eigenvalue weighted by Gasteiger charge is 2.23. The van der Waals surface area contributed by atoms with E-state index in [0.29, 0.717) is 26.7 Å². The van der Waals surface area contributed by atoms with Crippen LogP contribution in [-0.4, -0.2) is 26.1 Å². The summed E-state index contributed by atoms with van der Waals surface area (Å²) >= 11 is 8.85. The van der Waals surface area contributed by atoms with Gasteiger partial charge in [0.25, 0.3) is 11.8 Å². The number of fused-ring (bicyclic) bond motifs is 2. The van der Waals surface area contributed by atoms with Gasteiger partial charge >= 0.3 is 0 Å². The standard InChI is InChI=1S/C20H17ClN4O2S2/c1-20(2,3)23-19(27)17-15(21)11-5-4-6-13(16(11)28-17)22-18(26)10-7-8-12-14(9-10)25-29-24-12/h4-9H,1-3H3,(H,22,26)(H,23,27). The van der Waals surface area contributed by atoms with Gasteiger partial charge in [-0.25, -0.2) is 0 Å². The Morgan fingerprint density at radius 2 is 1.79 bits per heavy atom. The van der Waals surface area contributed by atoms with Gasteiger partial charge in [0.1, 0.15) is 15.9 Å². The Morgan fingerprint density at radius 3 is 2.55 bits per heavy atom. The average molecular weight is 445 g/mol. The van der Waals surface area contributed by atoms with E-state index in [1.54, 1.807) is 30.3 Å². The van der Waals surface area contributed by atoms with Gasteiger partial charge in [-0.2, -0.15) is 8.75 Å². The van der Waals surface area contributed by atoms with Crippen LogP contribution in [-0.2, 0) is 0 Å². The summed E-state index contributed by atoms with van der Waals surface area (Å²) in [6.07, 6.45) is 0. The van der Waals surface area contributed by atoms with Crippen molar-refractivity contribution >= 4 is 73.3 Å². The Labute approximate surface area is 180 Å². The number of amides is 2. The van der Waals surface area contributed by atoms with Gasteiger partial charge in [0, 0.05) is 16.5 Å². The van der Waals surface area contributed by atoms with Gasteiger partial charge in [0.15, 0.2) is 0 Å². The van der Waals surface area contributed by atoms with Gasteiger partial charge in [0.2, 0.25) is 0 Å². The molecule has 2 aromatic carbocycles. The van der Waals surface area contributed by atoms with E-state index in [4.69, 9.17) is 11.6 Å². The van der Waals surface area contributed by atoms with E-state index in [1.165, 1.54) is 11.3 Å². The molecule has 0 bridgehead atoms. The first-order valence-electron chi connectivity index (χ1n) is 8.80. The second-order valence-corrected chi connectivity index (χ2v) is 9.48. The summed E-state index contributed by atoms with van der Waals surface area (Å²) in [5, 5.41) is 6.96. The van der Waals surface area contributed by atoms with Gasteiger partial charge in [-0.05, 0) is 45.0 Å². The topological polar surface area (TPSA) is 84.0 Å². The van der Waals surface area contributed by atoms with E-state index < -0.39 is 0 Å². The zero-order valence-electron chi connectivity index (χ0n) is 15.9. The molecule has 0 radical (unpaired) electrons. The molecule has 0 aliphatic carbocycles. The first-order valence-corrected chi connectivity index (χ1v) is 10.7. The van der Waals surface area contributed by atoms with E-state index in [2.05, 4.69) is 19.4 Å². The molecule has 2 N–H and O–H groups in total. The molecular formula is C20H17ClN4O2S2. The Morgan fingerprint density at radius 1 is 1.03 bits per heavy atom. The number of hydrogen-bond acceptors (Lipinski definition) is 6. The predicted molar refractivity (Wildman–Crippen MR) is 119 cm³/mol. The molecule has 0 atom stereocenters. The maximum Gasteiger partial charge on any atom is 0.263 e. The van der Waals surface area contributed by atoms with E-state index >= 15 is 0 Å². The second-order valence-electron chi connectivity index (χ2n) is 7.55. The molecule has 29 heavy (non-hydrogen) atoms. The number of hydrogen-bond donors (Lipinski definition) is 2. The Bertz CT molecular complexity index is 1260. The van der Waals surface area contributed by atoms with Crippen molar-refractivity contribution in [3.8, 4) is 0 Å². The summed E-state index contributed by atoms with van der Waals surface area (Å²) in [6.45, 7) is 5.73. The summed E-state index contributed by atoms with van der Waals surface area (Å²) < 4.78 is 9.07. The molecule has 0 aliphatic heterocycles. The molecule has 6 nitrogen and oxygen atoms in total. The molecular weight excluding hydrogens is 428 g/mol. The van der Waals surface area contributed by atoms with E-state index in [9.17, 15) is 9.59 Å². The van der Waals surface area contributed by atoms with Crippen LogP contribution in [0.3, 0.4) is 0 Å².